The Morgan fingerprint density at radius 1 is 1.77 bits per heavy atom. The first-order valence-corrected chi connectivity index (χ1v) is 3.87. The molecule has 1 aromatic heterocycles. The number of H-pyrrole nitrogens is 1. The predicted octanol–water partition coefficient (Wildman–Crippen LogP) is 2.56. The second-order valence-corrected chi connectivity index (χ2v) is 2.51. The zero-order valence-electron chi connectivity index (χ0n) is 7.23. The van der Waals surface area contributed by atoms with Crippen LogP contribution in [0.2, 0.25) is 0 Å². The molecule has 70 valence electrons. The SMILES string of the molecule is Br.C=CC(CCC#N)c1ncc[nH]1. The number of nitriles is 1. The Morgan fingerprint density at radius 3 is 3.00 bits per heavy atom. The molecule has 0 radical (unpaired) electrons. The summed E-state index contributed by atoms with van der Waals surface area (Å²) in [4.78, 5) is 7.11. The Kier molecular flexibility index (Phi) is 5.90. The van der Waals surface area contributed by atoms with Crippen molar-refractivity contribution in [3.63, 3.8) is 0 Å². The molecule has 3 nitrogen and oxygen atoms in total. The summed E-state index contributed by atoms with van der Waals surface area (Å²) >= 11 is 0. The maximum absolute atomic E-state index is 8.39. The minimum absolute atomic E-state index is 0. The normalized spacial score (nSPS) is 11.0. The number of allylic oxidation sites excluding steroid dienone is 1. The van der Waals surface area contributed by atoms with Gasteiger partial charge in [-0.2, -0.15) is 5.26 Å². The molecule has 0 fully saturated rings. The molecule has 0 aromatic carbocycles. The Labute approximate surface area is 88.3 Å². The highest BCUT2D eigenvalue weighted by Crippen LogP contribution is 2.17. The van der Waals surface area contributed by atoms with Gasteiger partial charge in [0.1, 0.15) is 5.82 Å². The van der Waals surface area contributed by atoms with Gasteiger partial charge in [0.05, 0.1) is 6.07 Å². The maximum Gasteiger partial charge on any atom is 0.112 e. The van der Waals surface area contributed by atoms with Crippen LogP contribution in [0, 0.1) is 11.3 Å². The predicted molar refractivity (Wildman–Crippen MR) is 56.7 cm³/mol. The van der Waals surface area contributed by atoms with Gasteiger partial charge in [0.25, 0.3) is 0 Å². The summed E-state index contributed by atoms with van der Waals surface area (Å²) in [6.45, 7) is 3.70. The van der Waals surface area contributed by atoms with Crippen LogP contribution in [0.5, 0.6) is 0 Å². The van der Waals surface area contributed by atoms with Crippen LogP contribution < -0.4 is 0 Å². The molecule has 0 amide bonds. The number of nitrogens with zero attached hydrogens (tertiary/aromatic N) is 2. The summed E-state index contributed by atoms with van der Waals surface area (Å²) in [6.07, 6.45) is 6.62. The summed E-state index contributed by atoms with van der Waals surface area (Å²) in [5.74, 6) is 1.07. The van der Waals surface area contributed by atoms with Gasteiger partial charge in [-0.25, -0.2) is 4.98 Å². The van der Waals surface area contributed by atoms with Gasteiger partial charge in [0.15, 0.2) is 0 Å². The largest absolute Gasteiger partial charge is 0.348 e. The van der Waals surface area contributed by atoms with Gasteiger partial charge in [-0.15, -0.1) is 23.6 Å². The number of hydrogen-bond donors (Lipinski definition) is 1. The molecule has 1 unspecified atom stereocenters. The average Bonchev–Trinajstić information content (AvgIpc) is 2.59. The van der Waals surface area contributed by atoms with E-state index in [9.17, 15) is 0 Å². The van der Waals surface area contributed by atoms with Crippen LogP contribution in [0.15, 0.2) is 25.0 Å². The van der Waals surface area contributed by atoms with Crippen molar-refractivity contribution in [1.82, 2.24) is 9.97 Å². The molecule has 0 aliphatic carbocycles. The van der Waals surface area contributed by atoms with Gasteiger partial charge in [0.2, 0.25) is 0 Å². The maximum atomic E-state index is 8.39. The van der Waals surface area contributed by atoms with Gasteiger partial charge in [-0.05, 0) is 6.42 Å². The minimum atomic E-state index is 0. The molecule has 0 saturated carbocycles. The number of rotatable bonds is 4. The fraction of sp³-hybridized carbons (Fsp3) is 0.333. The Balaban J connectivity index is 0.00000144. The van der Waals surface area contributed by atoms with Crippen LogP contribution in [0.4, 0.5) is 0 Å². The van der Waals surface area contributed by atoms with Crippen LogP contribution in [-0.4, -0.2) is 9.97 Å². The summed E-state index contributed by atoms with van der Waals surface area (Å²) < 4.78 is 0. The topological polar surface area (TPSA) is 52.5 Å². The van der Waals surface area contributed by atoms with E-state index in [4.69, 9.17) is 5.26 Å². The fourth-order valence-electron chi connectivity index (χ4n) is 1.07. The standard InChI is InChI=1S/C9H11N3.BrH/c1-2-8(4-3-5-10)9-11-6-7-12-9;/h2,6-8H,1,3-4H2,(H,11,12);1H. The van der Waals surface area contributed by atoms with Crippen molar-refractivity contribution in [3.8, 4) is 6.07 Å². The van der Waals surface area contributed by atoms with Crippen molar-refractivity contribution in [2.45, 2.75) is 18.8 Å². The van der Waals surface area contributed by atoms with Crippen molar-refractivity contribution in [3.05, 3.63) is 30.9 Å². The number of nitrogens with one attached hydrogen (secondary N) is 1. The van der Waals surface area contributed by atoms with Crippen LogP contribution >= 0.6 is 17.0 Å². The third-order valence-electron chi connectivity index (χ3n) is 1.72. The van der Waals surface area contributed by atoms with E-state index in [2.05, 4.69) is 22.6 Å². The number of imidazole rings is 1. The molecule has 1 heterocycles. The highest BCUT2D eigenvalue weighted by molar-refractivity contribution is 8.93. The lowest BCUT2D eigenvalue weighted by Gasteiger charge is -2.05. The smallest absolute Gasteiger partial charge is 0.112 e. The first-order chi connectivity index (χ1) is 5.88. The molecule has 1 aromatic rings. The lowest BCUT2D eigenvalue weighted by Crippen LogP contribution is -1.96. The van der Waals surface area contributed by atoms with E-state index in [1.54, 1.807) is 12.4 Å². The molecule has 0 bridgehead atoms. The Bertz CT molecular complexity index is 274. The molecule has 1 N–H and O–H groups in total. The number of aromatic nitrogens is 2. The van der Waals surface area contributed by atoms with Gasteiger partial charge in [0, 0.05) is 24.7 Å². The van der Waals surface area contributed by atoms with E-state index in [0.29, 0.717) is 6.42 Å². The number of aromatic amines is 1. The van der Waals surface area contributed by atoms with Gasteiger partial charge < -0.3 is 4.98 Å². The van der Waals surface area contributed by atoms with Crippen molar-refractivity contribution < 1.29 is 0 Å². The average molecular weight is 242 g/mol. The second-order valence-electron chi connectivity index (χ2n) is 2.51. The van der Waals surface area contributed by atoms with Gasteiger partial charge >= 0.3 is 0 Å². The molecular weight excluding hydrogens is 230 g/mol. The molecule has 0 aliphatic heterocycles. The monoisotopic (exact) mass is 241 g/mol. The van der Waals surface area contributed by atoms with Crippen molar-refractivity contribution >= 4 is 17.0 Å². The van der Waals surface area contributed by atoms with Crippen LogP contribution in [0.1, 0.15) is 24.6 Å². The quantitative estimate of drug-likeness (QED) is 0.825. The van der Waals surface area contributed by atoms with Crippen molar-refractivity contribution in [2.75, 3.05) is 0 Å². The number of hydrogen-bond acceptors (Lipinski definition) is 2. The Morgan fingerprint density at radius 2 is 2.54 bits per heavy atom. The van der Waals surface area contributed by atoms with Crippen LogP contribution in [0.25, 0.3) is 0 Å². The number of halogens is 1. The third kappa shape index (κ3) is 3.43. The van der Waals surface area contributed by atoms with E-state index in [0.717, 1.165) is 12.2 Å². The van der Waals surface area contributed by atoms with E-state index >= 15 is 0 Å². The first-order valence-electron chi connectivity index (χ1n) is 3.87. The van der Waals surface area contributed by atoms with Gasteiger partial charge in [-0.3, -0.25) is 0 Å². The molecule has 0 aliphatic rings. The van der Waals surface area contributed by atoms with E-state index in [-0.39, 0.29) is 22.9 Å². The molecule has 1 rings (SSSR count). The lowest BCUT2D eigenvalue weighted by molar-refractivity contribution is 0.717. The van der Waals surface area contributed by atoms with Gasteiger partial charge in [-0.1, -0.05) is 6.08 Å². The minimum Gasteiger partial charge on any atom is -0.348 e. The molecular formula is C9H12BrN3. The molecule has 0 spiro atoms. The van der Waals surface area contributed by atoms with Crippen LogP contribution in [-0.2, 0) is 0 Å². The van der Waals surface area contributed by atoms with E-state index in [1.807, 2.05) is 6.08 Å². The first kappa shape index (κ1) is 11.9. The molecule has 4 heteroatoms. The summed E-state index contributed by atoms with van der Waals surface area (Å²) in [7, 11) is 0. The summed E-state index contributed by atoms with van der Waals surface area (Å²) in [5, 5.41) is 8.39. The van der Waals surface area contributed by atoms with Crippen molar-refractivity contribution in [1.29, 1.82) is 5.26 Å². The molecule has 1 atom stereocenters. The Hall–Kier alpha value is -1.08. The highest BCUT2D eigenvalue weighted by atomic mass is 79.9. The summed E-state index contributed by atoms with van der Waals surface area (Å²) in [6, 6.07) is 2.10. The zero-order chi connectivity index (χ0) is 8.81. The third-order valence-corrected chi connectivity index (χ3v) is 1.72. The molecule has 0 saturated heterocycles. The van der Waals surface area contributed by atoms with E-state index < -0.39 is 0 Å². The van der Waals surface area contributed by atoms with Crippen molar-refractivity contribution in [2.24, 2.45) is 0 Å². The molecule has 13 heavy (non-hydrogen) atoms. The van der Waals surface area contributed by atoms with E-state index in [1.165, 1.54) is 0 Å². The van der Waals surface area contributed by atoms with Crippen LogP contribution in [0.3, 0.4) is 0 Å². The highest BCUT2D eigenvalue weighted by Gasteiger charge is 2.08. The summed E-state index contributed by atoms with van der Waals surface area (Å²) in [5.41, 5.74) is 0. The lowest BCUT2D eigenvalue weighted by atomic mass is 10.0. The fourth-order valence-corrected chi connectivity index (χ4v) is 1.07. The second kappa shape index (κ2) is 6.44. The zero-order valence-corrected chi connectivity index (χ0v) is 8.95.